The van der Waals surface area contributed by atoms with Gasteiger partial charge in [0.05, 0.1) is 0 Å². The van der Waals surface area contributed by atoms with Crippen molar-refractivity contribution >= 4 is 11.8 Å². The molecule has 5 nitrogen and oxygen atoms in total. The van der Waals surface area contributed by atoms with Gasteiger partial charge in [0.1, 0.15) is 6.04 Å². The smallest absolute Gasteiger partial charge is 0.261 e. The number of rotatable bonds is 11. The number of nitrogens with one attached hydrogen (secondary N) is 1. The van der Waals surface area contributed by atoms with Gasteiger partial charge in [0.2, 0.25) is 5.91 Å². The maximum atomic E-state index is 14.1. The van der Waals surface area contributed by atoms with Gasteiger partial charge in [0, 0.05) is 19.0 Å². The highest BCUT2D eigenvalue weighted by molar-refractivity contribution is 5.88. The SMILES string of the molecule is CC[C@H](C)NC(=O)[C@H](Cc1ccccc1)N(Cc1ccccc1C)C(=O)COc1ccccc1F. The third kappa shape index (κ3) is 7.41. The lowest BCUT2D eigenvalue weighted by atomic mass is 10.0. The van der Waals surface area contributed by atoms with E-state index in [1.807, 2.05) is 75.4 Å². The van der Waals surface area contributed by atoms with Gasteiger partial charge in [0.15, 0.2) is 18.2 Å². The molecule has 0 spiro atoms. The number of hydrogen-bond donors (Lipinski definition) is 1. The van der Waals surface area contributed by atoms with E-state index in [1.54, 1.807) is 17.0 Å². The van der Waals surface area contributed by atoms with Gasteiger partial charge in [-0.05, 0) is 49.1 Å². The highest BCUT2D eigenvalue weighted by Gasteiger charge is 2.31. The largest absolute Gasteiger partial charge is 0.481 e. The van der Waals surface area contributed by atoms with E-state index >= 15 is 0 Å². The first-order chi connectivity index (χ1) is 16.9. The van der Waals surface area contributed by atoms with Gasteiger partial charge in [-0.1, -0.05) is 73.7 Å². The van der Waals surface area contributed by atoms with Crippen LogP contribution in [0.25, 0.3) is 0 Å². The Bertz CT molecular complexity index is 1120. The van der Waals surface area contributed by atoms with Crippen LogP contribution in [0.5, 0.6) is 5.75 Å². The van der Waals surface area contributed by atoms with Crippen LogP contribution in [-0.4, -0.2) is 35.4 Å². The summed E-state index contributed by atoms with van der Waals surface area (Å²) in [7, 11) is 0. The second kappa shape index (κ2) is 12.7. The van der Waals surface area contributed by atoms with Crippen LogP contribution in [0, 0.1) is 12.7 Å². The average Bonchev–Trinajstić information content (AvgIpc) is 2.87. The van der Waals surface area contributed by atoms with Crippen molar-refractivity contribution in [1.29, 1.82) is 0 Å². The molecule has 0 bridgehead atoms. The molecule has 0 unspecified atom stereocenters. The summed E-state index contributed by atoms with van der Waals surface area (Å²) in [5.41, 5.74) is 2.89. The van der Waals surface area contributed by atoms with Crippen LogP contribution in [0.3, 0.4) is 0 Å². The second-order valence-corrected chi connectivity index (χ2v) is 8.69. The minimum Gasteiger partial charge on any atom is -0.481 e. The van der Waals surface area contributed by atoms with Gasteiger partial charge in [-0.15, -0.1) is 0 Å². The summed E-state index contributed by atoms with van der Waals surface area (Å²) in [5.74, 6) is -1.16. The molecule has 0 aliphatic carbocycles. The lowest BCUT2D eigenvalue weighted by molar-refractivity contribution is -0.143. The van der Waals surface area contributed by atoms with Crippen molar-refractivity contribution < 1.29 is 18.7 Å². The molecule has 35 heavy (non-hydrogen) atoms. The topological polar surface area (TPSA) is 58.6 Å². The Kier molecular flexibility index (Phi) is 9.41. The van der Waals surface area contributed by atoms with E-state index in [2.05, 4.69) is 5.32 Å². The molecule has 3 rings (SSSR count). The number of nitrogens with zero attached hydrogens (tertiary/aromatic N) is 1. The molecule has 0 saturated heterocycles. The van der Waals surface area contributed by atoms with Crippen LogP contribution in [0.4, 0.5) is 4.39 Å². The molecular weight excluding hydrogens is 443 g/mol. The lowest BCUT2D eigenvalue weighted by Crippen LogP contribution is -2.53. The Labute approximate surface area is 206 Å². The zero-order chi connectivity index (χ0) is 25.2. The predicted octanol–water partition coefficient (Wildman–Crippen LogP) is 5.07. The molecule has 2 amide bonds. The average molecular weight is 477 g/mol. The fourth-order valence-electron chi connectivity index (χ4n) is 3.75. The molecule has 3 aromatic carbocycles. The van der Waals surface area contributed by atoms with Gasteiger partial charge in [-0.2, -0.15) is 0 Å². The van der Waals surface area contributed by atoms with Gasteiger partial charge in [0.25, 0.3) is 5.91 Å². The van der Waals surface area contributed by atoms with Crippen molar-refractivity contribution in [3.63, 3.8) is 0 Å². The molecule has 184 valence electrons. The maximum Gasteiger partial charge on any atom is 0.261 e. The molecule has 0 radical (unpaired) electrons. The van der Waals surface area contributed by atoms with Crippen LogP contribution in [-0.2, 0) is 22.6 Å². The highest BCUT2D eigenvalue weighted by Crippen LogP contribution is 2.19. The first-order valence-electron chi connectivity index (χ1n) is 11.9. The quantitative estimate of drug-likeness (QED) is 0.421. The highest BCUT2D eigenvalue weighted by atomic mass is 19.1. The third-order valence-corrected chi connectivity index (χ3v) is 6.06. The van der Waals surface area contributed by atoms with E-state index < -0.39 is 17.8 Å². The summed E-state index contributed by atoms with van der Waals surface area (Å²) in [6.45, 7) is 5.76. The molecule has 0 saturated carbocycles. The van der Waals surface area contributed by atoms with Gasteiger partial charge in [-0.3, -0.25) is 9.59 Å². The number of amides is 2. The number of ether oxygens (including phenoxy) is 1. The number of para-hydroxylation sites is 1. The zero-order valence-corrected chi connectivity index (χ0v) is 20.5. The number of carbonyl (C=O) groups is 2. The predicted molar refractivity (Wildman–Crippen MR) is 135 cm³/mol. The number of hydrogen-bond acceptors (Lipinski definition) is 3. The molecule has 0 heterocycles. The van der Waals surface area contributed by atoms with Crippen LogP contribution >= 0.6 is 0 Å². The van der Waals surface area contributed by atoms with Gasteiger partial charge < -0.3 is 15.0 Å². The Hall–Kier alpha value is -3.67. The number of benzene rings is 3. The van der Waals surface area contributed by atoms with Crippen molar-refractivity contribution in [3.8, 4) is 5.75 Å². The second-order valence-electron chi connectivity index (χ2n) is 8.69. The third-order valence-electron chi connectivity index (χ3n) is 6.06. The molecule has 0 aliphatic rings. The molecule has 2 atom stereocenters. The summed E-state index contributed by atoms with van der Waals surface area (Å²) in [5, 5.41) is 3.03. The lowest BCUT2D eigenvalue weighted by Gasteiger charge is -2.32. The maximum absolute atomic E-state index is 14.1. The van der Waals surface area contributed by atoms with Crippen molar-refractivity contribution in [2.75, 3.05) is 6.61 Å². The summed E-state index contributed by atoms with van der Waals surface area (Å²) in [4.78, 5) is 28.5. The molecular formula is C29H33FN2O3. The molecule has 0 aromatic heterocycles. The fraction of sp³-hybridized carbons (Fsp3) is 0.310. The normalized spacial score (nSPS) is 12.5. The minimum absolute atomic E-state index is 0.000331. The Morgan fingerprint density at radius 1 is 0.971 bits per heavy atom. The minimum atomic E-state index is -0.761. The summed E-state index contributed by atoms with van der Waals surface area (Å²) < 4.78 is 19.6. The van der Waals surface area contributed by atoms with Crippen LogP contribution in [0.15, 0.2) is 78.9 Å². The Morgan fingerprint density at radius 2 is 1.63 bits per heavy atom. The number of aryl methyl sites for hydroxylation is 1. The zero-order valence-electron chi connectivity index (χ0n) is 20.5. The Morgan fingerprint density at radius 3 is 2.31 bits per heavy atom. The van der Waals surface area contributed by atoms with Gasteiger partial charge in [-0.25, -0.2) is 4.39 Å². The van der Waals surface area contributed by atoms with E-state index in [9.17, 15) is 14.0 Å². The van der Waals surface area contributed by atoms with Crippen LogP contribution in [0.1, 0.15) is 37.0 Å². The van der Waals surface area contributed by atoms with Crippen LogP contribution in [0.2, 0.25) is 0 Å². The monoisotopic (exact) mass is 476 g/mol. The molecule has 1 N–H and O–H groups in total. The van der Waals surface area contributed by atoms with Gasteiger partial charge >= 0.3 is 0 Å². The molecule has 6 heteroatoms. The fourth-order valence-corrected chi connectivity index (χ4v) is 3.75. The van der Waals surface area contributed by atoms with E-state index in [1.165, 1.54) is 12.1 Å². The first-order valence-corrected chi connectivity index (χ1v) is 11.9. The van der Waals surface area contributed by atoms with E-state index in [0.29, 0.717) is 6.42 Å². The number of carbonyl (C=O) groups excluding carboxylic acids is 2. The van der Waals surface area contributed by atoms with E-state index in [-0.39, 0.29) is 30.9 Å². The van der Waals surface area contributed by atoms with Crippen molar-refractivity contribution in [3.05, 3.63) is 101 Å². The van der Waals surface area contributed by atoms with Crippen molar-refractivity contribution in [2.24, 2.45) is 0 Å². The summed E-state index contributed by atoms with van der Waals surface area (Å²) >= 11 is 0. The summed E-state index contributed by atoms with van der Waals surface area (Å²) in [6.07, 6.45) is 1.12. The van der Waals surface area contributed by atoms with Crippen LogP contribution < -0.4 is 10.1 Å². The summed E-state index contributed by atoms with van der Waals surface area (Å²) in [6, 6.07) is 22.5. The molecule has 3 aromatic rings. The van der Waals surface area contributed by atoms with E-state index in [0.717, 1.165) is 23.1 Å². The Balaban J connectivity index is 1.93. The van der Waals surface area contributed by atoms with E-state index in [4.69, 9.17) is 4.74 Å². The van der Waals surface area contributed by atoms with Crippen molar-refractivity contribution in [1.82, 2.24) is 10.2 Å². The molecule has 0 aliphatic heterocycles. The molecule has 0 fully saturated rings. The standard InChI is InChI=1S/C29H33FN2O3/c1-4-22(3)31-29(34)26(18-23-13-6-5-7-14-23)32(19-24-15-9-8-12-21(24)2)28(33)20-35-27-17-11-10-16-25(27)30/h5-17,22,26H,4,18-20H2,1-3H3,(H,31,34)/t22-,26-/m0/s1. The first kappa shape index (κ1) is 25.9. The van der Waals surface area contributed by atoms with Crippen molar-refractivity contribution in [2.45, 2.75) is 52.2 Å². The number of halogens is 1.